The van der Waals surface area contributed by atoms with Crippen LogP contribution in [0.4, 0.5) is 11.4 Å². The van der Waals surface area contributed by atoms with Crippen molar-refractivity contribution in [1.29, 1.82) is 0 Å². The quantitative estimate of drug-likeness (QED) is 0.587. The summed E-state index contributed by atoms with van der Waals surface area (Å²) in [5, 5.41) is 3.21. The zero-order valence-corrected chi connectivity index (χ0v) is 20.9. The second-order valence-corrected chi connectivity index (χ2v) is 11.1. The highest BCUT2D eigenvalue weighted by atomic mass is 16.5. The first-order chi connectivity index (χ1) is 16.4. The molecule has 2 saturated heterocycles. The van der Waals surface area contributed by atoms with E-state index in [2.05, 4.69) is 54.3 Å². The molecule has 1 aromatic carbocycles. The number of hydrogen-bond donors (Lipinski definition) is 1. The Hall–Kier alpha value is -2.31. The van der Waals surface area contributed by atoms with Crippen LogP contribution in [0.3, 0.4) is 0 Å². The molecule has 0 unspecified atom stereocenters. The van der Waals surface area contributed by atoms with Gasteiger partial charge in [-0.05, 0) is 93.8 Å². The van der Waals surface area contributed by atoms with E-state index < -0.39 is 0 Å². The number of rotatable bonds is 7. The standard InChI is InChI=1S/C28H39N3O3/c1-28(19-30(2)3)12-14-31(15-13-28)24-7-6-22(20-4-5-20)18-23(24)29-27(32)26-9-8-25(34-26)21-10-16-33-17-11-21/h6-9,18,20-21H,4-5,10-17,19H2,1-3H3,(H,29,32). The Morgan fingerprint density at radius 2 is 1.79 bits per heavy atom. The van der Waals surface area contributed by atoms with Crippen molar-refractivity contribution in [2.45, 2.75) is 57.3 Å². The minimum atomic E-state index is -0.165. The third-order valence-corrected chi connectivity index (χ3v) is 7.80. The molecule has 1 aromatic heterocycles. The second-order valence-electron chi connectivity index (χ2n) is 11.1. The first-order valence-electron chi connectivity index (χ1n) is 12.9. The molecule has 1 amide bonds. The van der Waals surface area contributed by atoms with Crippen LogP contribution in [0.1, 0.15) is 79.2 Å². The monoisotopic (exact) mass is 465 g/mol. The Bertz CT molecular complexity index is 996. The zero-order valence-electron chi connectivity index (χ0n) is 20.9. The number of benzene rings is 1. The largest absolute Gasteiger partial charge is 0.456 e. The van der Waals surface area contributed by atoms with Crippen LogP contribution in [-0.4, -0.2) is 57.8 Å². The Kier molecular flexibility index (Phi) is 6.72. The lowest BCUT2D eigenvalue weighted by Crippen LogP contribution is -2.43. The lowest BCUT2D eigenvalue weighted by Gasteiger charge is -2.42. The van der Waals surface area contributed by atoms with Crippen molar-refractivity contribution in [3.8, 4) is 0 Å². The Morgan fingerprint density at radius 3 is 2.47 bits per heavy atom. The molecule has 1 saturated carbocycles. The van der Waals surface area contributed by atoms with Crippen LogP contribution in [0.2, 0.25) is 0 Å². The molecule has 2 aromatic rings. The summed E-state index contributed by atoms with van der Waals surface area (Å²) in [5.74, 6) is 2.10. The van der Waals surface area contributed by atoms with Crippen molar-refractivity contribution in [3.63, 3.8) is 0 Å². The number of ether oxygens (including phenoxy) is 1. The number of amides is 1. The summed E-state index contributed by atoms with van der Waals surface area (Å²) >= 11 is 0. The molecule has 34 heavy (non-hydrogen) atoms. The van der Waals surface area contributed by atoms with E-state index in [1.165, 1.54) is 18.4 Å². The summed E-state index contributed by atoms with van der Waals surface area (Å²) < 4.78 is 11.5. The summed E-state index contributed by atoms with van der Waals surface area (Å²) in [4.78, 5) is 18.0. The van der Waals surface area contributed by atoms with Crippen LogP contribution in [-0.2, 0) is 4.74 Å². The first-order valence-corrected chi connectivity index (χ1v) is 12.9. The minimum Gasteiger partial charge on any atom is -0.456 e. The normalized spacial score (nSPS) is 21.1. The molecule has 1 N–H and O–H groups in total. The van der Waals surface area contributed by atoms with Gasteiger partial charge in [0.1, 0.15) is 5.76 Å². The average Bonchev–Trinajstić information content (AvgIpc) is 3.55. The summed E-state index contributed by atoms with van der Waals surface area (Å²) in [6, 6.07) is 10.4. The fourth-order valence-electron chi connectivity index (χ4n) is 5.67. The molecule has 1 aliphatic carbocycles. The molecular formula is C28H39N3O3. The van der Waals surface area contributed by atoms with Gasteiger partial charge in [0.2, 0.25) is 0 Å². The van der Waals surface area contributed by atoms with Crippen LogP contribution in [0, 0.1) is 5.41 Å². The summed E-state index contributed by atoms with van der Waals surface area (Å²) in [5.41, 5.74) is 3.71. The van der Waals surface area contributed by atoms with Crippen molar-refractivity contribution < 1.29 is 13.9 Å². The van der Waals surface area contributed by atoms with E-state index in [0.29, 0.717) is 23.0 Å². The highest BCUT2D eigenvalue weighted by molar-refractivity contribution is 6.04. The molecule has 0 atom stereocenters. The topological polar surface area (TPSA) is 58.0 Å². The molecule has 5 rings (SSSR count). The van der Waals surface area contributed by atoms with E-state index in [1.54, 1.807) is 0 Å². The molecule has 0 bridgehead atoms. The molecule has 6 heteroatoms. The van der Waals surface area contributed by atoms with Gasteiger partial charge in [0.25, 0.3) is 5.91 Å². The van der Waals surface area contributed by atoms with Crippen LogP contribution in [0.5, 0.6) is 0 Å². The van der Waals surface area contributed by atoms with E-state index in [4.69, 9.17) is 9.15 Å². The van der Waals surface area contributed by atoms with Gasteiger partial charge in [0.05, 0.1) is 11.4 Å². The van der Waals surface area contributed by atoms with Gasteiger partial charge >= 0.3 is 0 Å². The lowest BCUT2D eigenvalue weighted by molar-refractivity contribution is 0.0799. The molecule has 0 spiro atoms. The van der Waals surface area contributed by atoms with Crippen LogP contribution < -0.4 is 10.2 Å². The van der Waals surface area contributed by atoms with Crippen molar-refractivity contribution in [2.24, 2.45) is 5.41 Å². The molecule has 3 aliphatic rings. The second kappa shape index (κ2) is 9.74. The van der Waals surface area contributed by atoms with Gasteiger partial charge in [-0.15, -0.1) is 0 Å². The number of nitrogens with one attached hydrogen (secondary N) is 1. The van der Waals surface area contributed by atoms with Gasteiger partial charge < -0.3 is 24.3 Å². The molecule has 6 nitrogen and oxygen atoms in total. The Balaban J connectivity index is 1.32. The van der Waals surface area contributed by atoms with E-state index in [-0.39, 0.29) is 5.91 Å². The Morgan fingerprint density at radius 1 is 1.06 bits per heavy atom. The SMILES string of the molecule is CN(C)CC1(C)CCN(c2ccc(C3CC3)cc2NC(=O)c2ccc(C3CCOCC3)o2)CC1. The average molecular weight is 466 g/mol. The fourth-order valence-corrected chi connectivity index (χ4v) is 5.67. The van der Waals surface area contributed by atoms with E-state index >= 15 is 0 Å². The van der Waals surface area contributed by atoms with E-state index in [1.807, 2.05) is 12.1 Å². The summed E-state index contributed by atoms with van der Waals surface area (Å²) in [6.45, 7) is 7.03. The minimum absolute atomic E-state index is 0.165. The molecular weight excluding hydrogens is 426 g/mol. The van der Waals surface area contributed by atoms with Crippen molar-refractivity contribution >= 4 is 17.3 Å². The van der Waals surface area contributed by atoms with Gasteiger partial charge in [0, 0.05) is 38.8 Å². The van der Waals surface area contributed by atoms with Crippen molar-refractivity contribution in [2.75, 3.05) is 57.2 Å². The predicted octanol–water partition coefficient (Wildman–Crippen LogP) is 5.47. The zero-order chi connectivity index (χ0) is 23.7. The fraction of sp³-hybridized carbons (Fsp3) is 0.607. The van der Waals surface area contributed by atoms with Crippen molar-refractivity contribution in [1.82, 2.24) is 4.90 Å². The smallest absolute Gasteiger partial charge is 0.291 e. The number of nitrogens with zero attached hydrogens (tertiary/aromatic N) is 2. The number of hydrogen-bond acceptors (Lipinski definition) is 5. The molecule has 3 heterocycles. The van der Waals surface area contributed by atoms with Gasteiger partial charge in [-0.2, -0.15) is 0 Å². The predicted molar refractivity (Wildman–Crippen MR) is 136 cm³/mol. The van der Waals surface area contributed by atoms with Gasteiger partial charge in [0.15, 0.2) is 5.76 Å². The maximum atomic E-state index is 13.2. The van der Waals surface area contributed by atoms with Gasteiger partial charge in [-0.3, -0.25) is 4.79 Å². The number of carbonyl (C=O) groups is 1. The third-order valence-electron chi connectivity index (χ3n) is 7.80. The number of piperidine rings is 1. The number of carbonyl (C=O) groups excluding carboxylic acids is 1. The molecule has 0 radical (unpaired) electrons. The van der Waals surface area contributed by atoms with E-state index in [9.17, 15) is 4.79 Å². The van der Waals surface area contributed by atoms with Crippen LogP contribution in [0.25, 0.3) is 0 Å². The number of furan rings is 1. The molecule has 3 fully saturated rings. The summed E-state index contributed by atoms with van der Waals surface area (Å²) in [7, 11) is 4.31. The maximum Gasteiger partial charge on any atom is 0.291 e. The summed E-state index contributed by atoms with van der Waals surface area (Å²) in [6.07, 6.45) is 6.68. The highest BCUT2D eigenvalue weighted by Gasteiger charge is 2.32. The van der Waals surface area contributed by atoms with Gasteiger partial charge in [-0.25, -0.2) is 0 Å². The van der Waals surface area contributed by atoms with Crippen molar-refractivity contribution in [3.05, 3.63) is 47.4 Å². The molecule has 184 valence electrons. The van der Waals surface area contributed by atoms with Crippen LogP contribution >= 0.6 is 0 Å². The molecule has 2 aliphatic heterocycles. The van der Waals surface area contributed by atoms with Gasteiger partial charge in [-0.1, -0.05) is 13.0 Å². The van der Waals surface area contributed by atoms with E-state index in [0.717, 1.165) is 75.7 Å². The highest BCUT2D eigenvalue weighted by Crippen LogP contribution is 2.43. The van der Waals surface area contributed by atoms with Crippen LogP contribution in [0.15, 0.2) is 34.7 Å². The first kappa shape index (κ1) is 23.4. The third kappa shape index (κ3) is 5.33. The maximum absolute atomic E-state index is 13.2. The lowest BCUT2D eigenvalue weighted by atomic mass is 9.80. The number of anilines is 2. The Labute approximate surface area is 203 Å².